The molecule has 7 nitrogen and oxygen atoms in total. The zero-order valence-corrected chi connectivity index (χ0v) is 19.9. The molecule has 1 saturated heterocycles. The minimum Gasteiger partial charge on any atom is -0.369 e. The summed E-state index contributed by atoms with van der Waals surface area (Å²) in [5.74, 6) is 2.31. The highest BCUT2D eigenvalue weighted by Crippen LogP contribution is 2.24. The molecule has 1 unspecified atom stereocenters. The molecule has 1 fully saturated rings. The van der Waals surface area contributed by atoms with Crippen LogP contribution < -0.4 is 15.5 Å². The minimum atomic E-state index is -0.187. The summed E-state index contributed by atoms with van der Waals surface area (Å²) < 4.78 is 15.4. The molecule has 2 heterocycles. The van der Waals surface area contributed by atoms with Gasteiger partial charge in [0.15, 0.2) is 11.8 Å². The van der Waals surface area contributed by atoms with Gasteiger partial charge in [-0.1, -0.05) is 0 Å². The Labute approximate surface area is 189 Å². The van der Waals surface area contributed by atoms with Gasteiger partial charge < -0.3 is 20.1 Å². The number of rotatable bonds is 5. The zero-order valence-electron chi connectivity index (χ0n) is 17.6. The third kappa shape index (κ3) is 6.03. The van der Waals surface area contributed by atoms with Gasteiger partial charge in [-0.05, 0) is 57.4 Å². The summed E-state index contributed by atoms with van der Waals surface area (Å²) in [5, 5.41) is 15.1. The maximum absolute atomic E-state index is 13.4. The van der Waals surface area contributed by atoms with Gasteiger partial charge in [-0.25, -0.2) is 9.38 Å². The second kappa shape index (κ2) is 10.7. The van der Waals surface area contributed by atoms with Gasteiger partial charge in [-0.15, -0.1) is 34.2 Å². The van der Waals surface area contributed by atoms with Crippen molar-refractivity contribution in [1.82, 2.24) is 25.4 Å². The molecule has 0 spiro atoms. The van der Waals surface area contributed by atoms with Crippen molar-refractivity contribution in [1.29, 1.82) is 0 Å². The van der Waals surface area contributed by atoms with Crippen LogP contribution in [0.25, 0.3) is 0 Å². The molecule has 0 aliphatic carbocycles. The lowest BCUT2D eigenvalue weighted by atomic mass is 10.0. The SMILES string of the molecule is CCNC(=NCc1nnc(C)n1C)NC1CCCN(c2ccc(F)cc2C)C1.I. The van der Waals surface area contributed by atoms with E-state index in [1.54, 1.807) is 6.07 Å². The number of benzene rings is 1. The molecule has 0 amide bonds. The summed E-state index contributed by atoms with van der Waals surface area (Å²) in [6.45, 7) is 9.05. The molecule has 29 heavy (non-hydrogen) atoms. The van der Waals surface area contributed by atoms with Crippen LogP contribution in [0.3, 0.4) is 0 Å². The highest BCUT2D eigenvalue weighted by molar-refractivity contribution is 14.0. The minimum absolute atomic E-state index is 0. The number of aryl methyl sites for hydroxylation is 2. The summed E-state index contributed by atoms with van der Waals surface area (Å²) in [5.41, 5.74) is 2.07. The van der Waals surface area contributed by atoms with Crippen LogP contribution in [-0.2, 0) is 13.6 Å². The molecule has 9 heteroatoms. The van der Waals surface area contributed by atoms with Gasteiger partial charge in [0.25, 0.3) is 0 Å². The van der Waals surface area contributed by atoms with Crippen LogP contribution in [-0.4, -0.2) is 46.4 Å². The van der Waals surface area contributed by atoms with Crippen molar-refractivity contribution in [2.24, 2.45) is 12.0 Å². The lowest BCUT2D eigenvalue weighted by Crippen LogP contribution is -2.51. The third-order valence-corrected chi connectivity index (χ3v) is 5.17. The molecule has 2 N–H and O–H groups in total. The number of hydrogen-bond donors (Lipinski definition) is 2. The first-order valence-electron chi connectivity index (χ1n) is 9.88. The molecule has 0 radical (unpaired) electrons. The predicted octanol–water partition coefficient (Wildman–Crippen LogP) is 2.91. The number of piperidine rings is 1. The van der Waals surface area contributed by atoms with E-state index in [1.165, 1.54) is 6.07 Å². The summed E-state index contributed by atoms with van der Waals surface area (Å²) in [6.07, 6.45) is 2.15. The Morgan fingerprint density at radius 3 is 2.76 bits per heavy atom. The van der Waals surface area contributed by atoms with E-state index >= 15 is 0 Å². The fraction of sp³-hybridized carbons (Fsp3) is 0.550. The number of guanidine groups is 1. The summed E-state index contributed by atoms with van der Waals surface area (Å²) >= 11 is 0. The van der Waals surface area contributed by atoms with Gasteiger partial charge in [0.2, 0.25) is 0 Å². The Bertz CT molecular complexity index is 836. The van der Waals surface area contributed by atoms with Crippen LogP contribution in [0.1, 0.15) is 37.0 Å². The van der Waals surface area contributed by atoms with Gasteiger partial charge >= 0.3 is 0 Å². The Morgan fingerprint density at radius 1 is 1.31 bits per heavy atom. The predicted molar refractivity (Wildman–Crippen MR) is 125 cm³/mol. The zero-order chi connectivity index (χ0) is 20.1. The molecule has 0 bridgehead atoms. The molecular formula is C20H31FIN7. The van der Waals surface area contributed by atoms with E-state index in [0.29, 0.717) is 6.54 Å². The Kier molecular flexibility index (Phi) is 8.66. The Hall–Kier alpha value is -1.91. The van der Waals surface area contributed by atoms with E-state index in [1.807, 2.05) is 31.5 Å². The van der Waals surface area contributed by atoms with Crippen molar-refractivity contribution in [2.75, 3.05) is 24.5 Å². The first-order valence-corrected chi connectivity index (χ1v) is 9.88. The van der Waals surface area contributed by atoms with Crippen LogP contribution in [0.5, 0.6) is 0 Å². The van der Waals surface area contributed by atoms with Gasteiger partial charge in [0.1, 0.15) is 18.2 Å². The number of aromatic nitrogens is 3. The molecule has 2 aromatic rings. The smallest absolute Gasteiger partial charge is 0.191 e. The van der Waals surface area contributed by atoms with Crippen molar-refractivity contribution in [3.05, 3.63) is 41.2 Å². The number of anilines is 1. The second-order valence-corrected chi connectivity index (χ2v) is 7.28. The van der Waals surface area contributed by atoms with E-state index < -0.39 is 0 Å². The van der Waals surface area contributed by atoms with Crippen molar-refractivity contribution in [2.45, 2.75) is 46.2 Å². The molecule has 0 saturated carbocycles. The molecule has 1 atom stereocenters. The number of halogens is 2. The van der Waals surface area contributed by atoms with Crippen LogP contribution >= 0.6 is 24.0 Å². The van der Waals surface area contributed by atoms with Gasteiger partial charge in [0, 0.05) is 38.4 Å². The van der Waals surface area contributed by atoms with Gasteiger partial charge in [0.05, 0.1) is 0 Å². The maximum atomic E-state index is 13.4. The van der Waals surface area contributed by atoms with Crippen molar-refractivity contribution in [3.63, 3.8) is 0 Å². The average Bonchev–Trinajstić information content (AvgIpc) is 2.98. The fourth-order valence-electron chi connectivity index (χ4n) is 3.54. The van der Waals surface area contributed by atoms with E-state index in [9.17, 15) is 4.39 Å². The molecule has 3 rings (SSSR count). The fourth-order valence-corrected chi connectivity index (χ4v) is 3.54. The number of nitrogens with zero attached hydrogens (tertiary/aromatic N) is 5. The standard InChI is InChI=1S/C20H30FN7.HI/c1-5-22-20(23-12-19-26-25-15(3)27(19)4)24-17-7-6-10-28(13-17)18-9-8-16(21)11-14(18)2;/h8-9,11,17H,5-7,10,12-13H2,1-4H3,(H2,22,23,24);1H. The first-order chi connectivity index (χ1) is 13.5. The Morgan fingerprint density at radius 2 is 2.10 bits per heavy atom. The normalized spacial score (nSPS) is 17.1. The summed E-state index contributed by atoms with van der Waals surface area (Å²) in [4.78, 5) is 7.01. The topological polar surface area (TPSA) is 70.4 Å². The molecule has 1 aliphatic rings. The molecular weight excluding hydrogens is 484 g/mol. The number of hydrogen-bond acceptors (Lipinski definition) is 4. The second-order valence-electron chi connectivity index (χ2n) is 7.28. The summed E-state index contributed by atoms with van der Waals surface area (Å²) in [7, 11) is 1.95. The molecule has 1 aromatic carbocycles. The van der Waals surface area contributed by atoms with Gasteiger partial charge in [-0.3, -0.25) is 0 Å². The van der Waals surface area contributed by atoms with E-state index in [0.717, 1.165) is 61.3 Å². The lowest BCUT2D eigenvalue weighted by molar-refractivity contribution is 0.467. The highest BCUT2D eigenvalue weighted by atomic mass is 127. The Balaban J connectivity index is 0.00000300. The molecule has 1 aromatic heterocycles. The summed E-state index contributed by atoms with van der Waals surface area (Å²) in [6, 6.07) is 5.29. The van der Waals surface area contributed by atoms with Crippen LogP contribution in [0.2, 0.25) is 0 Å². The number of aliphatic imine (C=N–C) groups is 1. The van der Waals surface area contributed by atoms with Crippen molar-refractivity contribution >= 4 is 35.6 Å². The lowest BCUT2D eigenvalue weighted by Gasteiger charge is -2.36. The van der Waals surface area contributed by atoms with Crippen LogP contribution in [0.4, 0.5) is 10.1 Å². The largest absolute Gasteiger partial charge is 0.369 e. The van der Waals surface area contributed by atoms with E-state index in [2.05, 4.69) is 37.6 Å². The maximum Gasteiger partial charge on any atom is 0.191 e. The van der Waals surface area contributed by atoms with Crippen LogP contribution in [0.15, 0.2) is 23.2 Å². The monoisotopic (exact) mass is 515 g/mol. The van der Waals surface area contributed by atoms with E-state index in [4.69, 9.17) is 0 Å². The quantitative estimate of drug-likeness (QED) is 0.364. The molecule has 160 valence electrons. The molecule has 1 aliphatic heterocycles. The van der Waals surface area contributed by atoms with Crippen LogP contribution in [0, 0.1) is 19.7 Å². The third-order valence-electron chi connectivity index (χ3n) is 5.17. The van der Waals surface area contributed by atoms with Gasteiger partial charge in [-0.2, -0.15) is 0 Å². The van der Waals surface area contributed by atoms with Crippen molar-refractivity contribution < 1.29 is 4.39 Å². The van der Waals surface area contributed by atoms with E-state index in [-0.39, 0.29) is 35.8 Å². The average molecular weight is 515 g/mol. The van der Waals surface area contributed by atoms with Crippen molar-refractivity contribution in [3.8, 4) is 0 Å². The number of nitrogens with one attached hydrogen (secondary N) is 2. The first kappa shape index (κ1) is 23.4. The highest BCUT2D eigenvalue weighted by Gasteiger charge is 2.22.